The average molecular weight is 341 g/mol. The second-order valence-corrected chi connectivity index (χ2v) is 6.81. The van der Waals surface area contributed by atoms with Crippen molar-refractivity contribution >= 4 is 27.9 Å². The van der Waals surface area contributed by atoms with Gasteiger partial charge in [0.2, 0.25) is 5.91 Å². The van der Waals surface area contributed by atoms with Crippen molar-refractivity contribution in [2.45, 2.75) is 6.42 Å². The van der Waals surface area contributed by atoms with Crippen LogP contribution in [-0.4, -0.2) is 38.6 Å². The summed E-state index contributed by atoms with van der Waals surface area (Å²) in [7, 11) is 0. The van der Waals surface area contributed by atoms with Crippen LogP contribution in [0.15, 0.2) is 41.8 Å². The van der Waals surface area contributed by atoms with Crippen molar-refractivity contribution in [3.8, 4) is 6.07 Å². The highest BCUT2D eigenvalue weighted by molar-refractivity contribution is 7.14. The van der Waals surface area contributed by atoms with E-state index in [2.05, 4.69) is 40.6 Å². The second kappa shape index (κ2) is 7.95. The molecule has 1 aliphatic rings. The lowest BCUT2D eigenvalue weighted by molar-refractivity contribution is -0.900. The Morgan fingerprint density at radius 2 is 2.00 bits per heavy atom. The zero-order valence-corrected chi connectivity index (χ0v) is 14.3. The largest absolute Gasteiger partial charge is 0.360 e. The fraction of sp³-hybridized carbons (Fsp3) is 0.333. The number of quaternary nitrogens is 1. The number of para-hydroxylation sites is 1. The number of amides is 1. The Bertz CT molecular complexity index is 714. The van der Waals surface area contributed by atoms with Crippen LogP contribution < -0.4 is 15.1 Å². The summed E-state index contributed by atoms with van der Waals surface area (Å²) in [6.07, 6.45) is 0.490. The maximum atomic E-state index is 12.1. The van der Waals surface area contributed by atoms with Gasteiger partial charge in [0.1, 0.15) is 11.1 Å². The summed E-state index contributed by atoms with van der Waals surface area (Å²) in [5.41, 5.74) is 1.81. The fourth-order valence-electron chi connectivity index (χ4n) is 2.94. The molecule has 0 radical (unpaired) electrons. The van der Waals surface area contributed by atoms with Crippen LogP contribution in [0.2, 0.25) is 0 Å². The van der Waals surface area contributed by atoms with E-state index in [1.165, 1.54) is 21.9 Å². The van der Waals surface area contributed by atoms with Crippen LogP contribution in [0, 0.1) is 11.3 Å². The number of nitrogens with zero attached hydrogens (tertiary/aromatic N) is 2. The Morgan fingerprint density at radius 1 is 1.25 bits per heavy atom. The predicted octanol–water partition coefficient (Wildman–Crippen LogP) is 1.35. The third kappa shape index (κ3) is 4.13. The number of hydrogen-bond donors (Lipinski definition) is 2. The molecule has 0 unspecified atom stereocenters. The number of thiophene rings is 1. The van der Waals surface area contributed by atoms with Gasteiger partial charge in [-0.25, -0.2) is 0 Å². The van der Waals surface area contributed by atoms with Crippen molar-refractivity contribution in [2.75, 3.05) is 42.9 Å². The van der Waals surface area contributed by atoms with E-state index in [-0.39, 0.29) is 5.91 Å². The van der Waals surface area contributed by atoms with Crippen LogP contribution in [0.3, 0.4) is 0 Å². The first-order valence-electron chi connectivity index (χ1n) is 8.17. The van der Waals surface area contributed by atoms with Gasteiger partial charge >= 0.3 is 0 Å². The minimum absolute atomic E-state index is 0.00746. The lowest BCUT2D eigenvalue weighted by Gasteiger charge is -2.33. The van der Waals surface area contributed by atoms with E-state index in [0.717, 1.165) is 32.7 Å². The molecule has 2 heterocycles. The van der Waals surface area contributed by atoms with Gasteiger partial charge < -0.3 is 15.1 Å². The molecule has 1 aromatic heterocycles. The summed E-state index contributed by atoms with van der Waals surface area (Å²) >= 11 is 1.39. The van der Waals surface area contributed by atoms with Crippen molar-refractivity contribution in [2.24, 2.45) is 0 Å². The van der Waals surface area contributed by atoms with Crippen molar-refractivity contribution in [1.29, 1.82) is 5.26 Å². The third-order valence-corrected chi connectivity index (χ3v) is 5.17. The van der Waals surface area contributed by atoms with Gasteiger partial charge in [-0.05, 0) is 23.6 Å². The number of hydrogen-bond acceptors (Lipinski definition) is 4. The zero-order valence-electron chi connectivity index (χ0n) is 13.5. The molecular formula is C18H21N4OS+. The first kappa shape index (κ1) is 16.5. The van der Waals surface area contributed by atoms with E-state index >= 15 is 0 Å². The maximum absolute atomic E-state index is 12.1. The number of rotatable bonds is 5. The monoisotopic (exact) mass is 341 g/mol. The van der Waals surface area contributed by atoms with Gasteiger partial charge in [0, 0.05) is 5.69 Å². The van der Waals surface area contributed by atoms with Crippen molar-refractivity contribution in [3.05, 3.63) is 47.3 Å². The molecule has 0 saturated carbocycles. The Hall–Kier alpha value is -2.36. The molecule has 3 rings (SSSR count). The van der Waals surface area contributed by atoms with Gasteiger partial charge in [-0.1, -0.05) is 18.2 Å². The molecule has 1 fully saturated rings. The van der Waals surface area contributed by atoms with E-state index in [9.17, 15) is 4.79 Å². The Labute approximate surface area is 146 Å². The Kier molecular flexibility index (Phi) is 5.47. The molecule has 24 heavy (non-hydrogen) atoms. The van der Waals surface area contributed by atoms with Crippen molar-refractivity contribution in [1.82, 2.24) is 0 Å². The first-order valence-corrected chi connectivity index (χ1v) is 9.05. The summed E-state index contributed by atoms with van der Waals surface area (Å²) in [5.74, 6) is -0.00746. The van der Waals surface area contributed by atoms with Gasteiger partial charge in [0.15, 0.2) is 0 Å². The lowest BCUT2D eigenvalue weighted by atomic mass is 10.2. The SMILES string of the molecule is N#Cc1ccsc1NC(=O)CC[NH+]1CCN(c2ccccc2)CC1. The second-order valence-electron chi connectivity index (χ2n) is 5.90. The van der Waals surface area contributed by atoms with E-state index in [0.29, 0.717) is 17.0 Å². The number of nitriles is 1. The van der Waals surface area contributed by atoms with Crippen LogP contribution in [0.5, 0.6) is 0 Å². The van der Waals surface area contributed by atoms with Gasteiger partial charge in [-0.3, -0.25) is 4.79 Å². The summed E-state index contributed by atoms with van der Waals surface area (Å²) < 4.78 is 0. The van der Waals surface area contributed by atoms with Crippen LogP contribution >= 0.6 is 11.3 Å². The first-order chi connectivity index (χ1) is 11.8. The molecule has 1 amide bonds. The van der Waals surface area contributed by atoms with E-state index in [4.69, 9.17) is 5.26 Å². The summed E-state index contributed by atoms with van der Waals surface area (Å²) in [6, 6.07) is 14.3. The standard InChI is InChI=1S/C18H20N4OS/c19-14-15-7-13-24-18(15)20-17(23)6-8-21-9-11-22(12-10-21)16-4-2-1-3-5-16/h1-5,7,13H,6,8-12H2,(H,20,23)/p+1. The van der Waals surface area contributed by atoms with Gasteiger partial charge in [-0.2, -0.15) is 5.26 Å². The molecular weight excluding hydrogens is 320 g/mol. The molecule has 1 aliphatic heterocycles. The topological polar surface area (TPSA) is 60.6 Å². The summed E-state index contributed by atoms with van der Waals surface area (Å²) in [6.45, 7) is 4.96. The smallest absolute Gasteiger partial charge is 0.230 e. The highest BCUT2D eigenvalue weighted by atomic mass is 32.1. The quantitative estimate of drug-likeness (QED) is 0.863. The molecule has 0 bridgehead atoms. The van der Waals surface area contributed by atoms with Crippen LogP contribution in [-0.2, 0) is 4.79 Å². The van der Waals surface area contributed by atoms with Crippen LogP contribution in [0.25, 0.3) is 0 Å². The van der Waals surface area contributed by atoms with Gasteiger partial charge in [-0.15, -0.1) is 11.3 Å². The zero-order chi connectivity index (χ0) is 16.8. The normalized spacial score (nSPS) is 15.0. The van der Waals surface area contributed by atoms with E-state index in [1.54, 1.807) is 6.07 Å². The minimum Gasteiger partial charge on any atom is -0.360 e. The van der Waals surface area contributed by atoms with E-state index < -0.39 is 0 Å². The Morgan fingerprint density at radius 3 is 2.71 bits per heavy atom. The molecule has 124 valence electrons. The molecule has 0 spiro atoms. The average Bonchev–Trinajstić information content (AvgIpc) is 3.08. The van der Waals surface area contributed by atoms with Crippen molar-refractivity contribution < 1.29 is 9.69 Å². The van der Waals surface area contributed by atoms with Gasteiger partial charge in [0.05, 0.1) is 44.7 Å². The minimum atomic E-state index is -0.00746. The molecule has 1 saturated heterocycles. The molecule has 2 aromatic rings. The lowest BCUT2D eigenvalue weighted by Crippen LogP contribution is -3.15. The highest BCUT2D eigenvalue weighted by Crippen LogP contribution is 2.22. The molecule has 0 aliphatic carbocycles. The van der Waals surface area contributed by atoms with Crippen LogP contribution in [0.4, 0.5) is 10.7 Å². The highest BCUT2D eigenvalue weighted by Gasteiger charge is 2.20. The Balaban J connectivity index is 1.42. The van der Waals surface area contributed by atoms with Gasteiger partial charge in [0.25, 0.3) is 0 Å². The number of carbonyl (C=O) groups is 1. The third-order valence-electron chi connectivity index (χ3n) is 4.34. The number of nitrogens with one attached hydrogen (secondary N) is 2. The summed E-state index contributed by atoms with van der Waals surface area (Å²) in [5, 5.41) is 14.3. The maximum Gasteiger partial charge on any atom is 0.230 e. The predicted molar refractivity (Wildman–Crippen MR) is 96.5 cm³/mol. The molecule has 0 atom stereocenters. The molecule has 2 N–H and O–H groups in total. The summed E-state index contributed by atoms with van der Waals surface area (Å²) in [4.78, 5) is 15.9. The van der Waals surface area contributed by atoms with Crippen molar-refractivity contribution in [3.63, 3.8) is 0 Å². The molecule has 1 aromatic carbocycles. The number of anilines is 2. The molecule has 5 nitrogen and oxygen atoms in total. The number of carbonyl (C=O) groups excluding carboxylic acids is 1. The van der Waals surface area contributed by atoms with Crippen LogP contribution in [0.1, 0.15) is 12.0 Å². The molecule has 6 heteroatoms. The fourth-order valence-corrected chi connectivity index (χ4v) is 3.70. The number of piperazine rings is 1. The number of benzene rings is 1. The van der Waals surface area contributed by atoms with E-state index in [1.807, 2.05) is 11.4 Å².